The van der Waals surface area contributed by atoms with Crippen LogP contribution in [0, 0.1) is 17.8 Å². The molecule has 0 saturated carbocycles. The number of piperidine rings is 1. The van der Waals surface area contributed by atoms with Gasteiger partial charge in [0.25, 0.3) is 0 Å². The number of allylic oxidation sites excluding steroid dienone is 2. The number of phenols is 1. The molecule has 2 N–H and O–H groups in total. The lowest BCUT2D eigenvalue weighted by atomic mass is 9.58. The van der Waals surface area contributed by atoms with Gasteiger partial charge in [0.05, 0.1) is 17.9 Å². The standard InChI is InChI=1S/C38H49BN2O5/c1-3-9-26(21-28-13-8-14-31(42)22-28)15-16-34-35-29(10-4-2)23-32-36(33(35)24-39(45)46-34)38(44)41(37(32)43)30-17-19-40(20-18-30)25-27-11-6-5-7-12-27/h5-8,11-14,21-22,30,32-34,36,42,45H,3-4,9-10,15-20,23-25H2,1-2H3/b26-21+/t32-,33+,34-,36-/m1/s1. The van der Waals surface area contributed by atoms with Gasteiger partial charge in [0.15, 0.2) is 0 Å². The van der Waals surface area contributed by atoms with Crippen molar-refractivity contribution < 1.29 is 24.4 Å². The molecule has 3 saturated heterocycles. The van der Waals surface area contributed by atoms with Crippen LogP contribution in [0.25, 0.3) is 6.08 Å². The summed E-state index contributed by atoms with van der Waals surface area (Å²) in [4.78, 5) is 32.4. The number of benzene rings is 2. The molecule has 46 heavy (non-hydrogen) atoms. The molecule has 0 radical (unpaired) electrons. The van der Waals surface area contributed by atoms with Crippen LogP contribution in [0.5, 0.6) is 5.75 Å². The van der Waals surface area contributed by atoms with E-state index in [1.165, 1.54) is 22.3 Å². The van der Waals surface area contributed by atoms with Crippen molar-refractivity contribution in [2.24, 2.45) is 17.8 Å². The third kappa shape index (κ3) is 7.04. The third-order valence-corrected chi connectivity index (χ3v) is 10.6. The minimum atomic E-state index is -0.955. The predicted octanol–water partition coefficient (Wildman–Crippen LogP) is 6.62. The molecule has 8 heteroatoms. The van der Waals surface area contributed by atoms with Crippen molar-refractivity contribution in [2.75, 3.05) is 13.1 Å². The number of imide groups is 1. The Bertz CT molecular complexity index is 1450. The van der Waals surface area contributed by atoms with Gasteiger partial charge in [-0.25, -0.2) is 0 Å². The van der Waals surface area contributed by atoms with Crippen LogP contribution in [0.15, 0.2) is 71.3 Å². The Morgan fingerprint density at radius 3 is 2.48 bits per heavy atom. The molecule has 3 heterocycles. The van der Waals surface area contributed by atoms with E-state index in [0.717, 1.165) is 70.1 Å². The Kier molecular flexibility index (Phi) is 10.5. The molecule has 2 aromatic carbocycles. The summed E-state index contributed by atoms with van der Waals surface area (Å²) in [7, 11) is -0.955. The van der Waals surface area contributed by atoms with Crippen LogP contribution in [0.4, 0.5) is 0 Å². The molecule has 6 rings (SSSR count). The van der Waals surface area contributed by atoms with E-state index in [1.807, 2.05) is 18.2 Å². The van der Waals surface area contributed by atoms with Crippen molar-refractivity contribution >= 4 is 25.0 Å². The Labute approximate surface area is 274 Å². The summed E-state index contributed by atoms with van der Waals surface area (Å²) in [6.45, 7) is 6.95. The minimum Gasteiger partial charge on any atom is -0.508 e. The lowest BCUT2D eigenvalue weighted by molar-refractivity contribution is -0.144. The Balaban J connectivity index is 1.19. The Morgan fingerprint density at radius 2 is 1.76 bits per heavy atom. The summed E-state index contributed by atoms with van der Waals surface area (Å²) in [6.07, 6.45) is 9.76. The monoisotopic (exact) mass is 624 g/mol. The summed E-state index contributed by atoms with van der Waals surface area (Å²) in [6, 6.07) is 17.7. The lowest BCUT2D eigenvalue weighted by Crippen LogP contribution is -2.48. The third-order valence-electron chi connectivity index (χ3n) is 10.6. The molecular formula is C38H49BN2O5. The van der Waals surface area contributed by atoms with Gasteiger partial charge in [0.2, 0.25) is 11.8 Å². The highest BCUT2D eigenvalue weighted by Gasteiger charge is 2.58. The lowest BCUT2D eigenvalue weighted by Gasteiger charge is -2.43. The molecule has 1 aliphatic carbocycles. The molecular weight excluding hydrogens is 575 g/mol. The van der Waals surface area contributed by atoms with Crippen molar-refractivity contribution in [1.82, 2.24) is 9.80 Å². The van der Waals surface area contributed by atoms with Crippen molar-refractivity contribution in [3.8, 4) is 5.75 Å². The maximum atomic E-state index is 14.3. The van der Waals surface area contributed by atoms with E-state index in [1.54, 1.807) is 17.0 Å². The second-order valence-corrected chi connectivity index (χ2v) is 13.8. The van der Waals surface area contributed by atoms with Crippen molar-refractivity contribution in [3.63, 3.8) is 0 Å². The van der Waals surface area contributed by atoms with Gasteiger partial charge in [0.1, 0.15) is 5.75 Å². The van der Waals surface area contributed by atoms with E-state index in [0.29, 0.717) is 19.2 Å². The average molecular weight is 625 g/mol. The quantitative estimate of drug-likeness (QED) is 0.166. The van der Waals surface area contributed by atoms with Crippen LogP contribution in [0.3, 0.4) is 0 Å². The van der Waals surface area contributed by atoms with E-state index >= 15 is 0 Å². The smallest absolute Gasteiger partial charge is 0.455 e. The normalized spacial score (nSPS) is 26.1. The van der Waals surface area contributed by atoms with E-state index < -0.39 is 13.0 Å². The molecule has 4 aliphatic rings. The van der Waals surface area contributed by atoms with Gasteiger partial charge in [-0.2, -0.15) is 0 Å². The van der Waals surface area contributed by atoms with Crippen LogP contribution >= 0.6 is 0 Å². The molecule has 0 spiro atoms. The maximum Gasteiger partial charge on any atom is 0.455 e. The fraction of sp³-hybridized carbons (Fsp3) is 0.526. The van der Waals surface area contributed by atoms with E-state index in [-0.39, 0.29) is 41.5 Å². The molecule has 0 bridgehead atoms. The average Bonchev–Trinajstić information content (AvgIpc) is 3.29. The second kappa shape index (κ2) is 14.7. The number of hydrogen-bond donors (Lipinski definition) is 2. The van der Waals surface area contributed by atoms with E-state index in [9.17, 15) is 19.7 Å². The zero-order valence-electron chi connectivity index (χ0n) is 27.4. The molecule has 0 aromatic heterocycles. The first kappa shape index (κ1) is 32.7. The second-order valence-electron chi connectivity index (χ2n) is 13.8. The van der Waals surface area contributed by atoms with Crippen molar-refractivity contribution in [3.05, 3.63) is 82.4 Å². The van der Waals surface area contributed by atoms with Crippen LogP contribution in [-0.2, 0) is 20.8 Å². The van der Waals surface area contributed by atoms with Gasteiger partial charge >= 0.3 is 7.12 Å². The summed E-state index contributed by atoms with van der Waals surface area (Å²) in [5.74, 6) is -0.695. The van der Waals surface area contributed by atoms with Gasteiger partial charge in [-0.05, 0) is 86.0 Å². The first-order chi connectivity index (χ1) is 22.4. The highest BCUT2D eigenvalue weighted by Crippen LogP contribution is 2.52. The largest absolute Gasteiger partial charge is 0.508 e. The number of nitrogens with zero attached hydrogens (tertiary/aromatic N) is 2. The molecule has 2 amide bonds. The van der Waals surface area contributed by atoms with Crippen molar-refractivity contribution in [2.45, 2.75) is 96.6 Å². The van der Waals surface area contributed by atoms with Gasteiger partial charge in [-0.1, -0.05) is 86.4 Å². The summed E-state index contributed by atoms with van der Waals surface area (Å²) >= 11 is 0. The number of likely N-dealkylation sites (tertiary alicyclic amines) is 2. The SMILES string of the molecule is CCCC1=C2[C@@H](CC/C(=C/c3cccc(O)c3)CCC)OB(O)C[C@@H]2[C@@H]2C(=O)N(C3CCN(Cc4ccccc4)CC3)C(=O)[C@@H]2C1. The molecule has 3 fully saturated rings. The van der Waals surface area contributed by atoms with E-state index in [4.69, 9.17) is 4.65 Å². The summed E-state index contributed by atoms with van der Waals surface area (Å²) < 4.78 is 6.26. The van der Waals surface area contributed by atoms with Gasteiger partial charge in [-0.3, -0.25) is 19.4 Å². The first-order valence-electron chi connectivity index (χ1n) is 17.5. The van der Waals surface area contributed by atoms with Gasteiger partial charge < -0.3 is 14.8 Å². The summed E-state index contributed by atoms with van der Waals surface area (Å²) in [5, 5.41) is 21.0. The van der Waals surface area contributed by atoms with Crippen LogP contribution in [-0.4, -0.2) is 64.1 Å². The fourth-order valence-electron chi connectivity index (χ4n) is 8.62. The number of phenolic OH excluding ortho intramolecular Hbond substituents is 1. The number of hydrogen-bond acceptors (Lipinski definition) is 6. The molecule has 3 aliphatic heterocycles. The maximum absolute atomic E-state index is 14.3. The number of carbonyl (C=O) groups excluding carboxylic acids is 2. The van der Waals surface area contributed by atoms with Crippen LogP contribution in [0.1, 0.15) is 82.8 Å². The van der Waals surface area contributed by atoms with Crippen LogP contribution in [0.2, 0.25) is 6.32 Å². The Morgan fingerprint density at radius 1 is 0.978 bits per heavy atom. The minimum absolute atomic E-state index is 0.000901. The Hall–Kier alpha value is -3.20. The summed E-state index contributed by atoms with van der Waals surface area (Å²) in [5.41, 5.74) is 5.98. The fourth-order valence-corrected chi connectivity index (χ4v) is 8.62. The predicted molar refractivity (Wildman–Crippen MR) is 181 cm³/mol. The van der Waals surface area contributed by atoms with Crippen LogP contribution < -0.4 is 0 Å². The number of aromatic hydroxyl groups is 1. The van der Waals surface area contributed by atoms with Gasteiger partial charge in [0, 0.05) is 25.7 Å². The first-order valence-corrected chi connectivity index (χ1v) is 17.5. The highest BCUT2D eigenvalue weighted by molar-refractivity contribution is 6.43. The number of rotatable bonds is 11. The number of carbonyl (C=O) groups is 2. The topological polar surface area (TPSA) is 90.3 Å². The molecule has 244 valence electrons. The number of amides is 2. The zero-order valence-corrected chi connectivity index (χ0v) is 27.4. The molecule has 2 aromatic rings. The molecule has 4 atom stereocenters. The highest BCUT2D eigenvalue weighted by atomic mass is 16.5. The molecule has 0 unspecified atom stereocenters. The number of fused-ring (bicyclic) bond motifs is 3. The molecule has 7 nitrogen and oxygen atoms in total. The zero-order chi connectivity index (χ0) is 32.2. The van der Waals surface area contributed by atoms with Gasteiger partial charge in [-0.15, -0.1) is 0 Å². The van der Waals surface area contributed by atoms with E-state index in [2.05, 4.69) is 49.1 Å². The van der Waals surface area contributed by atoms with Crippen molar-refractivity contribution in [1.29, 1.82) is 0 Å².